The Morgan fingerprint density at radius 3 is 2.83 bits per heavy atom. The Kier molecular flexibility index (Phi) is 3.47. The first-order valence-corrected chi connectivity index (χ1v) is 7.77. The summed E-state index contributed by atoms with van der Waals surface area (Å²) >= 11 is 0. The Morgan fingerprint density at radius 2 is 2.08 bits per heavy atom. The van der Waals surface area contributed by atoms with Gasteiger partial charge in [0.2, 0.25) is 0 Å². The molecule has 8 heteroatoms. The van der Waals surface area contributed by atoms with Crippen molar-refractivity contribution < 1.29 is 13.2 Å². The second-order valence-electron chi connectivity index (χ2n) is 6.11. The Morgan fingerprint density at radius 1 is 1.25 bits per heavy atom. The molecule has 1 saturated carbocycles. The molecule has 0 bridgehead atoms. The minimum absolute atomic E-state index is 0.468. The average molecular weight is 335 g/mol. The van der Waals surface area contributed by atoms with E-state index in [1.165, 1.54) is 19.2 Å². The number of anilines is 1. The van der Waals surface area contributed by atoms with Crippen LogP contribution in [-0.4, -0.2) is 25.7 Å². The molecule has 0 aliphatic heterocycles. The van der Waals surface area contributed by atoms with Crippen LogP contribution in [0.3, 0.4) is 0 Å². The van der Waals surface area contributed by atoms with Crippen LogP contribution in [-0.2, 0) is 13.1 Å². The first kappa shape index (κ1) is 15.0. The smallest absolute Gasteiger partial charge is 0.379 e. The molecular formula is C16H16F3N5. The Bertz CT molecular complexity index is 860. The number of halogens is 3. The number of aromatic amines is 1. The van der Waals surface area contributed by atoms with Crippen LogP contribution in [0.1, 0.15) is 30.3 Å². The van der Waals surface area contributed by atoms with Crippen LogP contribution in [0.2, 0.25) is 0 Å². The number of alkyl halides is 3. The molecule has 0 spiro atoms. The number of rotatable bonds is 5. The second kappa shape index (κ2) is 5.54. The second-order valence-corrected chi connectivity index (χ2v) is 6.11. The molecular weight excluding hydrogens is 319 g/mol. The molecule has 2 aromatic heterocycles. The maximum atomic E-state index is 12.5. The summed E-state index contributed by atoms with van der Waals surface area (Å²) in [6.07, 6.45) is 1.16. The van der Waals surface area contributed by atoms with Gasteiger partial charge in [-0.25, -0.2) is 9.97 Å². The minimum Gasteiger partial charge on any atom is -0.379 e. The van der Waals surface area contributed by atoms with Gasteiger partial charge in [0.05, 0.1) is 35.8 Å². The van der Waals surface area contributed by atoms with Gasteiger partial charge in [-0.3, -0.25) is 0 Å². The molecule has 1 fully saturated rings. The number of fused-ring (bicyclic) bond motifs is 1. The lowest BCUT2D eigenvalue weighted by atomic mass is 10.2. The molecule has 2 N–H and O–H groups in total. The van der Waals surface area contributed by atoms with Crippen molar-refractivity contribution in [2.24, 2.45) is 0 Å². The lowest BCUT2D eigenvalue weighted by Gasteiger charge is -2.09. The van der Waals surface area contributed by atoms with Crippen molar-refractivity contribution in [2.45, 2.75) is 38.0 Å². The largest absolute Gasteiger partial charge is 0.406 e. The fourth-order valence-electron chi connectivity index (χ4n) is 2.72. The lowest BCUT2D eigenvalue weighted by molar-refractivity contribution is -0.139. The third-order valence-electron chi connectivity index (χ3n) is 4.07. The molecule has 1 aliphatic carbocycles. The molecule has 1 aromatic carbocycles. The lowest BCUT2D eigenvalue weighted by Crippen LogP contribution is -2.16. The van der Waals surface area contributed by atoms with E-state index in [9.17, 15) is 13.2 Å². The summed E-state index contributed by atoms with van der Waals surface area (Å²) < 4.78 is 38.7. The highest BCUT2D eigenvalue weighted by Gasteiger charge is 2.28. The highest BCUT2D eigenvalue weighted by atomic mass is 19.4. The number of hydrogen-bond donors (Lipinski definition) is 2. The van der Waals surface area contributed by atoms with Crippen LogP contribution in [0, 0.1) is 0 Å². The van der Waals surface area contributed by atoms with Gasteiger partial charge in [0.15, 0.2) is 0 Å². The number of nitrogens with zero attached hydrogens (tertiary/aromatic N) is 3. The van der Waals surface area contributed by atoms with Crippen molar-refractivity contribution in [2.75, 3.05) is 5.32 Å². The zero-order chi connectivity index (χ0) is 16.7. The predicted molar refractivity (Wildman–Crippen MR) is 83.7 cm³/mol. The van der Waals surface area contributed by atoms with E-state index in [0.29, 0.717) is 23.5 Å². The van der Waals surface area contributed by atoms with Gasteiger partial charge in [-0.2, -0.15) is 13.2 Å². The molecule has 0 atom stereocenters. The minimum atomic E-state index is -4.26. The monoisotopic (exact) mass is 335 g/mol. The van der Waals surface area contributed by atoms with Crippen LogP contribution >= 0.6 is 0 Å². The Labute approximate surface area is 135 Å². The van der Waals surface area contributed by atoms with E-state index in [0.717, 1.165) is 21.8 Å². The van der Waals surface area contributed by atoms with Gasteiger partial charge in [0.1, 0.15) is 12.4 Å². The van der Waals surface area contributed by atoms with Crippen molar-refractivity contribution in [3.05, 3.63) is 42.2 Å². The number of hydrogen-bond acceptors (Lipinski definition) is 3. The highest BCUT2D eigenvalue weighted by molar-refractivity contribution is 5.79. The van der Waals surface area contributed by atoms with Crippen molar-refractivity contribution in [1.29, 1.82) is 0 Å². The van der Waals surface area contributed by atoms with Gasteiger partial charge in [-0.05, 0) is 31.0 Å². The molecule has 0 amide bonds. The number of nitrogens with one attached hydrogen (secondary N) is 2. The summed E-state index contributed by atoms with van der Waals surface area (Å²) in [7, 11) is 0. The molecule has 2 heterocycles. The average Bonchev–Trinajstić information content (AvgIpc) is 3.15. The Balaban J connectivity index is 1.46. The van der Waals surface area contributed by atoms with Crippen molar-refractivity contribution in [3.63, 3.8) is 0 Å². The van der Waals surface area contributed by atoms with Gasteiger partial charge < -0.3 is 14.9 Å². The molecule has 24 heavy (non-hydrogen) atoms. The van der Waals surface area contributed by atoms with Gasteiger partial charge in [0.25, 0.3) is 0 Å². The molecule has 0 radical (unpaired) electrons. The van der Waals surface area contributed by atoms with E-state index in [2.05, 4.69) is 20.3 Å². The van der Waals surface area contributed by atoms with Crippen molar-refractivity contribution >= 4 is 16.7 Å². The predicted octanol–water partition coefficient (Wildman–Crippen LogP) is 3.81. The fourth-order valence-corrected chi connectivity index (χ4v) is 2.72. The summed E-state index contributed by atoms with van der Waals surface area (Å²) in [6.45, 7) is -0.456. The first-order chi connectivity index (χ1) is 11.5. The van der Waals surface area contributed by atoms with E-state index < -0.39 is 12.7 Å². The molecule has 126 valence electrons. The zero-order valence-electron chi connectivity index (χ0n) is 12.8. The summed E-state index contributed by atoms with van der Waals surface area (Å²) in [5, 5.41) is 3.24. The molecule has 0 saturated heterocycles. The standard InChI is InChI=1S/C16H16F3N5/c17-16(18,19)8-24-9-22-13-5-11(3-4-14(13)24)20-6-12-7-21-15(23-12)10-1-2-10/h3-5,7,9-10,20H,1-2,6,8H2,(H,21,23). The topological polar surface area (TPSA) is 58.5 Å². The summed E-state index contributed by atoms with van der Waals surface area (Å²) in [4.78, 5) is 11.7. The van der Waals surface area contributed by atoms with Crippen LogP contribution < -0.4 is 5.32 Å². The summed E-state index contributed by atoms with van der Waals surface area (Å²) in [6, 6.07) is 5.16. The molecule has 4 rings (SSSR count). The molecule has 5 nitrogen and oxygen atoms in total. The van der Waals surface area contributed by atoms with Gasteiger partial charge in [0, 0.05) is 11.6 Å². The molecule has 0 unspecified atom stereocenters. The van der Waals surface area contributed by atoms with Crippen LogP contribution in [0.25, 0.3) is 11.0 Å². The maximum Gasteiger partial charge on any atom is 0.406 e. The fraction of sp³-hybridized carbons (Fsp3) is 0.375. The number of benzene rings is 1. The number of H-pyrrole nitrogens is 1. The van der Waals surface area contributed by atoms with Crippen LogP contribution in [0.5, 0.6) is 0 Å². The molecule has 3 aromatic rings. The highest BCUT2D eigenvalue weighted by Crippen LogP contribution is 2.38. The SMILES string of the molecule is FC(F)(F)Cn1cnc2cc(NCc3cnc(C4CC4)[nH]3)ccc21. The van der Waals surface area contributed by atoms with Gasteiger partial charge in [-0.1, -0.05) is 0 Å². The van der Waals surface area contributed by atoms with Gasteiger partial charge >= 0.3 is 6.18 Å². The van der Waals surface area contributed by atoms with Crippen molar-refractivity contribution in [3.8, 4) is 0 Å². The molecule has 1 aliphatic rings. The van der Waals surface area contributed by atoms with E-state index in [-0.39, 0.29) is 0 Å². The number of aromatic nitrogens is 4. The Hall–Kier alpha value is -2.51. The number of imidazole rings is 2. The zero-order valence-corrected chi connectivity index (χ0v) is 12.8. The van der Waals surface area contributed by atoms with Crippen LogP contribution in [0.15, 0.2) is 30.7 Å². The summed E-state index contributed by atoms with van der Waals surface area (Å²) in [5.41, 5.74) is 2.80. The maximum absolute atomic E-state index is 12.5. The summed E-state index contributed by atoms with van der Waals surface area (Å²) in [5.74, 6) is 1.61. The van der Waals surface area contributed by atoms with E-state index in [4.69, 9.17) is 0 Å². The van der Waals surface area contributed by atoms with Gasteiger partial charge in [-0.15, -0.1) is 0 Å². The van der Waals surface area contributed by atoms with Crippen LogP contribution in [0.4, 0.5) is 18.9 Å². The van der Waals surface area contributed by atoms with E-state index in [1.54, 1.807) is 18.2 Å². The normalized spacial score (nSPS) is 15.1. The van der Waals surface area contributed by atoms with E-state index in [1.807, 2.05) is 6.20 Å². The first-order valence-electron chi connectivity index (χ1n) is 7.77. The van der Waals surface area contributed by atoms with Crippen molar-refractivity contribution in [1.82, 2.24) is 19.5 Å². The third kappa shape index (κ3) is 3.22. The third-order valence-corrected chi connectivity index (χ3v) is 4.07. The quantitative estimate of drug-likeness (QED) is 0.745. The van der Waals surface area contributed by atoms with E-state index >= 15 is 0 Å².